The minimum absolute atomic E-state index is 0.0508. The predicted molar refractivity (Wildman–Crippen MR) is 135 cm³/mol. The Labute approximate surface area is 208 Å². The summed E-state index contributed by atoms with van der Waals surface area (Å²) >= 11 is 0. The number of benzene rings is 2. The molecule has 1 amide bonds. The van der Waals surface area contributed by atoms with Crippen molar-refractivity contribution in [2.24, 2.45) is 0 Å². The van der Waals surface area contributed by atoms with Crippen molar-refractivity contribution in [3.63, 3.8) is 0 Å². The van der Waals surface area contributed by atoms with Crippen LogP contribution >= 0.6 is 0 Å². The molecule has 2 aromatic rings. The normalized spacial score (nSPS) is 19.8. The highest BCUT2D eigenvalue weighted by molar-refractivity contribution is 5.65. The Morgan fingerprint density at radius 1 is 1.23 bits per heavy atom. The number of nitrogens with one attached hydrogen (secondary N) is 1. The molecule has 4 rings (SSSR count). The number of hydrogen-bond donors (Lipinski definition) is 3. The van der Waals surface area contributed by atoms with Gasteiger partial charge in [-0.25, -0.2) is 4.79 Å². The summed E-state index contributed by atoms with van der Waals surface area (Å²) < 4.78 is 11.6. The van der Waals surface area contributed by atoms with Crippen LogP contribution in [0.5, 0.6) is 5.75 Å². The number of carbonyl (C=O) groups is 1. The van der Waals surface area contributed by atoms with Crippen molar-refractivity contribution in [3.05, 3.63) is 65.2 Å². The molecule has 7 heteroatoms. The molecule has 0 saturated heterocycles. The van der Waals surface area contributed by atoms with E-state index in [1.165, 1.54) is 16.9 Å². The highest BCUT2D eigenvalue weighted by Gasteiger charge is 2.45. The molecule has 190 valence electrons. The summed E-state index contributed by atoms with van der Waals surface area (Å²) in [4.78, 5) is 13.4. The lowest BCUT2D eigenvalue weighted by Gasteiger charge is -2.48. The van der Waals surface area contributed by atoms with Crippen molar-refractivity contribution in [2.75, 3.05) is 26.8 Å². The Balaban J connectivity index is 1.53. The molecule has 1 heterocycles. The lowest BCUT2D eigenvalue weighted by Crippen LogP contribution is -2.53. The monoisotopic (exact) mass is 482 g/mol. The summed E-state index contributed by atoms with van der Waals surface area (Å²) in [6.45, 7) is 2.89. The summed E-state index contributed by atoms with van der Waals surface area (Å²) in [5.74, 6) is 0.924. The number of ether oxygens (including phenoxy) is 2. The Morgan fingerprint density at radius 2 is 2.00 bits per heavy atom. The van der Waals surface area contributed by atoms with Gasteiger partial charge in [-0.15, -0.1) is 0 Å². The first-order valence-electron chi connectivity index (χ1n) is 12.7. The third kappa shape index (κ3) is 5.97. The van der Waals surface area contributed by atoms with E-state index in [0.29, 0.717) is 6.42 Å². The van der Waals surface area contributed by atoms with Crippen LogP contribution < -0.4 is 10.1 Å². The molecule has 0 bridgehead atoms. The zero-order valence-corrected chi connectivity index (χ0v) is 20.8. The Bertz CT molecular complexity index is 979. The summed E-state index contributed by atoms with van der Waals surface area (Å²) in [6, 6.07) is 15.6. The van der Waals surface area contributed by atoms with Gasteiger partial charge in [-0.1, -0.05) is 49.4 Å². The lowest BCUT2D eigenvalue weighted by molar-refractivity contribution is -0.0390. The third-order valence-corrected chi connectivity index (χ3v) is 7.51. The number of fused-ring (bicyclic) bond motifs is 1. The van der Waals surface area contributed by atoms with Gasteiger partial charge in [-0.2, -0.15) is 0 Å². The van der Waals surface area contributed by atoms with Gasteiger partial charge < -0.3 is 29.9 Å². The van der Waals surface area contributed by atoms with Crippen LogP contribution in [0.25, 0.3) is 0 Å². The smallest absolute Gasteiger partial charge is 0.407 e. The molecule has 3 N–H and O–H groups in total. The van der Waals surface area contributed by atoms with Crippen molar-refractivity contribution < 1.29 is 24.5 Å². The van der Waals surface area contributed by atoms with E-state index in [0.717, 1.165) is 42.6 Å². The molecule has 3 atom stereocenters. The number of methoxy groups -OCH3 is 1. The molecule has 1 saturated carbocycles. The minimum atomic E-state index is -1.06. The lowest BCUT2D eigenvalue weighted by atomic mass is 9.72. The predicted octanol–water partition coefficient (Wildman–Crippen LogP) is 4.18. The van der Waals surface area contributed by atoms with Crippen molar-refractivity contribution in [3.8, 4) is 5.75 Å². The van der Waals surface area contributed by atoms with Gasteiger partial charge in [-0.05, 0) is 49.3 Å². The van der Waals surface area contributed by atoms with Gasteiger partial charge >= 0.3 is 6.09 Å². The van der Waals surface area contributed by atoms with E-state index in [9.17, 15) is 15.0 Å². The number of carboxylic acid groups (broad SMARTS) is 1. The zero-order valence-electron chi connectivity index (χ0n) is 20.8. The molecule has 2 aliphatic rings. The number of aliphatic hydroxyl groups is 1. The third-order valence-electron chi connectivity index (χ3n) is 7.51. The topological polar surface area (TPSA) is 91.3 Å². The first-order chi connectivity index (χ1) is 16.9. The van der Waals surface area contributed by atoms with Crippen molar-refractivity contribution in [1.29, 1.82) is 0 Å². The Morgan fingerprint density at radius 3 is 2.63 bits per heavy atom. The first kappa shape index (κ1) is 25.5. The second-order valence-corrected chi connectivity index (χ2v) is 9.82. The molecule has 1 spiro atoms. The van der Waals surface area contributed by atoms with Crippen molar-refractivity contribution in [1.82, 2.24) is 10.2 Å². The molecule has 0 radical (unpaired) electrons. The summed E-state index contributed by atoms with van der Waals surface area (Å²) in [6.07, 6.45) is 3.54. The van der Waals surface area contributed by atoms with E-state index in [2.05, 4.69) is 30.4 Å². The molecule has 1 aliphatic carbocycles. The van der Waals surface area contributed by atoms with Crippen LogP contribution in [0.2, 0.25) is 0 Å². The fourth-order valence-corrected chi connectivity index (χ4v) is 5.30. The van der Waals surface area contributed by atoms with Crippen molar-refractivity contribution in [2.45, 2.75) is 69.2 Å². The van der Waals surface area contributed by atoms with E-state index in [4.69, 9.17) is 9.47 Å². The Kier molecular flexibility index (Phi) is 8.31. The SMILES string of the molecule is CCc1ccc2c(c1)[C@@H](NC[C@@H](O)[C@H](Cc1ccccc1)N(CCOC)C(=O)O)CC1(CCC1)O2. The average molecular weight is 483 g/mol. The van der Waals surface area contributed by atoms with Crippen LogP contribution in [0.15, 0.2) is 48.5 Å². The minimum Gasteiger partial charge on any atom is -0.487 e. The number of aliphatic hydroxyl groups excluding tert-OH is 1. The van der Waals surface area contributed by atoms with Crippen LogP contribution in [-0.4, -0.2) is 65.8 Å². The van der Waals surface area contributed by atoms with Gasteiger partial charge in [0.15, 0.2) is 0 Å². The van der Waals surface area contributed by atoms with Crippen LogP contribution in [-0.2, 0) is 17.6 Å². The highest BCUT2D eigenvalue weighted by Crippen LogP contribution is 2.49. The van der Waals surface area contributed by atoms with Gasteiger partial charge in [0.05, 0.1) is 18.8 Å². The maximum atomic E-state index is 12.1. The van der Waals surface area contributed by atoms with E-state index < -0.39 is 18.2 Å². The second-order valence-electron chi connectivity index (χ2n) is 9.82. The molecular weight excluding hydrogens is 444 g/mol. The maximum Gasteiger partial charge on any atom is 0.407 e. The number of rotatable bonds is 11. The summed E-state index contributed by atoms with van der Waals surface area (Å²) in [5.41, 5.74) is 3.24. The quantitative estimate of drug-likeness (QED) is 0.445. The maximum absolute atomic E-state index is 12.1. The molecule has 1 fully saturated rings. The van der Waals surface area contributed by atoms with Crippen LogP contribution in [0, 0.1) is 0 Å². The molecule has 7 nitrogen and oxygen atoms in total. The van der Waals surface area contributed by atoms with E-state index in [1.807, 2.05) is 30.3 Å². The number of nitrogens with zero attached hydrogens (tertiary/aromatic N) is 1. The number of aryl methyl sites for hydroxylation is 1. The second kappa shape index (κ2) is 11.4. The van der Waals surface area contributed by atoms with Gasteiger partial charge in [-0.3, -0.25) is 0 Å². The molecule has 1 aliphatic heterocycles. The van der Waals surface area contributed by atoms with E-state index in [1.54, 1.807) is 7.11 Å². The fraction of sp³-hybridized carbons (Fsp3) is 0.536. The standard InChI is InChI=1S/C28H38N2O5/c1-3-20-10-11-26-22(16-20)23(18-28(35-26)12-7-13-28)29-19-25(31)24(17-21-8-5-4-6-9-21)30(27(32)33)14-15-34-2/h4-6,8-11,16,23-25,29,31H,3,7,12-15,17-19H2,1-2H3,(H,32,33)/t23-,24-,25+/m0/s1. The number of hydrogen-bond acceptors (Lipinski definition) is 5. The van der Waals surface area contributed by atoms with Crippen molar-refractivity contribution >= 4 is 6.09 Å². The van der Waals surface area contributed by atoms with Gasteiger partial charge in [0, 0.05) is 38.2 Å². The van der Waals surface area contributed by atoms with E-state index >= 15 is 0 Å². The number of amides is 1. The largest absolute Gasteiger partial charge is 0.487 e. The molecule has 0 unspecified atom stereocenters. The van der Waals surface area contributed by atoms with E-state index in [-0.39, 0.29) is 31.3 Å². The first-order valence-corrected chi connectivity index (χ1v) is 12.7. The summed E-state index contributed by atoms with van der Waals surface area (Å²) in [5, 5.41) is 24.9. The Hall–Kier alpha value is -2.61. The van der Waals surface area contributed by atoms with Gasteiger partial charge in [0.2, 0.25) is 0 Å². The molecule has 0 aromatic heterocycles. The van der Waals surface area contributed by atoms with Crippen LogP contribution in [0.1, 0.15) is 55.3 Å². The van der Waals surface area contributed by atoms with Gasteiger partial charge in [0.25, 0.3) is 0 Å². The molecule has 35 heavy (non-hydrogen) atoms. The van der Waals surface area contributed by atoms with Gasteiger partial charge in [0.1, 0.15) is 11.4 Å². The fourth-order valence-electron chi connectivity index (χ4n) is 5.30. The molecular formula is C28H38N2O5. The zero-order chi connectivity index (χ0) is 24.8. The summed E-state index contributed by atoms with van der Waals surface area (Å²) in [7, 11) is 1.55. The average Bonchev–Trinajstić information content (AvgIpc) is 2.85. The van der Waals surface area contributed by atoms with Crippen LogP contribution in [0.4, 0.5) is 4.79 Å². The molecule has 2 aromatic carbocycles. The van der Waals surface area contributed by atoms with Crippen LogP contribution in [0.3, 0.4) is 0 Å². The highest BCUT2D eigenvalue weighted by atomic mass is 16.5.